The van der Waals surface area contributed by atoms with Crippen LogP contribution in [0.4, 0.5) is 0 Å². The van der Waals surface area contributed by atoms with Crippen LogP contribution in [0, 0.1) is 11.3 Å². The van der Waals surface area contributed by atoms with Gasteiger partial charge in [0.2, 0.25) is 11.8 Å². The number of amides is 2. The first-order chi connectivity index (χ1) is 14.4. The summed E-state index contributed by atoms with van der Waals surface area (Å²) >= 11 is 0. The molecule has 2 amide bonds. The van der Waals surface area contributed by atoms with E-state index in [0.717, 1.165) is 5.57 Å². The molecule has 1 atom stereocenters. The van der Waals surface area contributed by atoms with Gasteiger partial charge in [-0.15, -0.1) is 0 Å². The van der Waals surface area contributed by atoms with E-state index in [1.807, 2.05) is 39.0 Å². The van der Waals surface area contributed by atoms with Crippen LogP contribution in [0.2, 0.25) is 0 Å². The Balaban J connectivity index is 2.62. The Bertz CT molecular complexity index is 792. The number of allylic oxidation sites excluding steroid dienone is 9. The molecule has 4 heteroatoms. The monoisotopic (exact) mass is 426 g/mol. The van der Waals surface area contributed by atoms with Gasteiger partial charge in [0.25, 0.3) is 0 Å². The van der Waals surface area contributed by atoms with Gasteiger partial charge in [0.1, 0.15) is 6.04 Å². The molecule has 0 aromatic heterocycles. The molecule has 1 rings (SSSR count). The van der Waals surface area contributed by atoms with Crippen molar-refractivity contribution >= 4 is 11.8 Å². The highest BCUT2D eigenvalue weighted by Crippen LogP contribution is 2.40. The van der Waals surface area contributed by atoms with E-state index >= 15 is 0 Å². The molecule has 4 nitrogen and oxygen atoms in total. The molecular formula is C27H42N2O2. The third kappa shape index (κ3) is 9.54. The molecule has 0 fully saturated rings. The molecule has 1 aliphatic rings. The van der Waals surface area contributed by atoms with Gasteiger partial charge in [-0.05, 0) is 56.9 Å². The molecule has 0 aliphatic heterocycles. The lowest BCUT2D eigenvalue weighted by atomic mass is 9.72. The summed E-state index contributed by atoms with van der Waals surface area (Å²) in [6.07, 6.45) is 16.4. The molecule has 0 aromatic rings. The molecule has 172 valence electrons. The van der Waals surface area contributed by atoms with Crippen molar-refractivity contribution in [2.45, 2.75) is 80.7 Å². The second-order valence-corrected chi connectivity index (χ2v) is 9.65. The van der Waals surface area contributed by atoms with Crippen LogP contribution in [0.1, 0.15) is 74.7 Å². The van der Waals surface area contributed by atoms with Gasteiger partial charge in [0.05, 0.1) is 0 Å². The van der Waals surface area contributed by atoms with Gasteiger partial charge in [-0.25, -0.2) is 0 Å². The van der Waals surface area contributed by atoms with Crippen molar-refractivity contribution in [1.82, 2.24) is 10.6 Å². The first kappa shape index (κ1) is 26.7. The number of carbonyl (C=O) groups excluding carboxylic acids is 2. The minimum absolute atomic E-state index is 0.0359. The highest BCUT2D eigenvalue weighted by atomic mass is 16.2. The van der Waals surface area contributed by atoms with Crippen LogP contribution in [-0.4, -0.2) is 24.4 Å². The molecule has 0 aromatic carbocycles. The first-order valence-corrected chi connectivity index (χ1v) is 11.4. The summed E-state index contributed by atoms with van der Waals surface area (Å²) in [5.74, 6) is -0.318. The highest BCUT2D eigenvalue weighted by molar-refractivity contribution is 5.87. The van der Waals surface area contributed by atoms with Crippen molar-refractivity contribution in [3.05, 3.63) is 58.7 Å². The van der Waals surface area contributed by atoms with E-state index in [1.165, 1.54) is 42.9 Å². The third-order valence-corrected chi connectivity index (χ3v) is 5.78. The van der Waals surface area contributed by atoms with Crippen molar-refractivity contribution in [3.63, 3.8) is 0 Å². The largest absolute Gasteiger partial charge is 0.351 e. The van der Waals surface area contributed by atoms with Crippen molar-refractivity contribution in [2.75, 3.05) is 6.54 Å². The number of hydrogen-bond donors (Lipinski definition) is 2. The Kier molecular flexibility index (Phi) is 10.7. The molecule has 0 radical (unpaired) electrons. The average molecular weight is 427 g/mol. The maximum absolute atomic E-state index is 12.3. The molecule has 1 aliphatic carbocycles. The lowest BCUT2D eigenvalue weighted by Gasteiger charge is -2.32. The van der Waals surface area contributed by atoms with Gasteiger partial charge >= 0.3 is 0 Å². The molecule has 2 N–H and O–H groups in total. The van der Waals surface area contributed by atoms with Crippen molar-refractivity contribution < 1.29 is 9.59 Å². The summed E-state index contributed by atoms with van der Waals surface area (Å²) < 4.78 is 0. The molecule has 0 unspecified atom stereocenters. The Hall–Kier alpha value is -2.36. The molecule has 0 saturated carbocycles. The van der Waals surface area contributed by atoms with Gasteiger partial charge < -0.3 is 10.6 Å². The average Bonchev–Trinajstić information content (AvgIpc) is 2.64. The standard InChI is InChI=1S/C27H42N2O2/c1-19(2)25(29-23(6)30)26(31)28-18-16-21(4)12-9-11-20(3)14-15-24-22(5)13-10-17-27(24,7)8/h9,11-12,14-16,19,25H,10,13,17-18H2,1-8H3,(H,28,31)(H,29,30)/b12-9+,15-14+,20-11+,21-16+/t25-/m0/s1. The number of nitrogens with one attached hydrogen (secondary N) is 2. The van der Waals surface area contributed by atoms with Gasteiger partial charge in [0, 0.05) is 13.5 Å². The Morgan fingerprint density at radius 2 is 1.77 bits per heavy atom. The lowest BCUT2D eigenvalue weighted by Crippen LogP contribution is -2.49. The van der Waals surface area contributed by atoms with Crippen LogP contribution in [0.5, 0.6) is 0 Å². The normalized spacial score (nSPS) is 18.7. The predicted octanol–water partition coefficient (Wildman–Crippen LogP) is 5.79. The van der Waals surface area contributed by atoms with Gasteiger partial charge in [-0.1, -0.05) is 80.9 Å². The fraction of sp³-hybridized carbons (Fsp3) is 0.556. The fourth-order valence-corrected chi connectivity index (χ4v) is 3.88. The summed E-state index contributed by atoms with van der Waals surface area (Å²) in [5.41, 5.74) is 5.51. The first-order valence-electron chi connectivity index (χ1n) is 11.4. The van der Waals surface area contributed by atoms with Crippen LogP contribution >= 0.6 is 0 Å². The number of hydrogen-bond acceptors (Lipinski definition) is 2. The maximum Gasteiger partial charge on any atom is 0.243 e. The van der Waals surface area contributed by atoms with E-state index in [4.69, 9.17) is 0 Å². The van der Waals surface area contributed by atoms with Crippen molar-refractivity contribution in [3.8, 4) is 0 Å². The molecule has 31 heavy (non-hydrogen) atoms. The summed E-state index contributed by atoms with van der Waals surface area (Å²) in [6, 6.07) is -0.507. The minimum Gasteiger partial charge on any atom is -0.351 e. The fourth-order valence-electron chi connectivity index (χ4n) is 3.88. The van der Waals surface area contributed by atoms with Crippen molar-refractivity contribution in [1.29, 1.82) is 0 Å². The quantitative estimate of drug-likeness (QED) is 0.458. The summed E-state index contributed by atoms with van der Waals surface area (Å²) in [5, 5.41) is 5.58. The molecular weight excluding hydrogens is 384 g/mol. The van der Waals surface area contributed by atoms with E-state index < -0.39 is 6.04 Å². The number of rotatable bonds is 9. The van der Waals surface area contributed by atoms with E-state index in [-0.39, 0.29) is 23.1 Å². The highest BCUT2D eigenvalue weighted by Gasteiger charge is 2.26. The zero-order chi connectivity index (χ0) is 23.6. The number of carbonyl (C=O) groups is 2. The van der Waals surface area contributed by atoms with Crippen LogP contribution in [0.3, 0.4) is 0 Å². The Labute approximate surface area is 189 Å². The molecule has 0 saturated heterocycles. The van der Waals surface area contributed by atoms with E-state index in [2.05, 4.69) is 56.6 Å². The van der Waals surface area contributed by atoms with Gasteiger partial charge in [-0.3, -0.25) is 9.59 Å². The lowest BCUT2D eigenvalue weighted by molar-refractivity contribution is -0.129. The molecule has 0 spiro atoms. The Morgan fingerprint density at radius 1 is 1.10 bits per heavy atom. The van der Waals surface area contributed by atoms with Crippen LogP contribution in [0.15, 0.2) is 58.7 Å². The third-order valence-electron chi connectivity index (χ3n) is 5.78. The second-order valence-electron chi connectivity index (χ2n) is 9.65. The Morgan fingerprint density at radius 3 is 2.35 bits per heavy atom. The summed E-state index contributed by atoms with van der Waals surface area (Å²) in [7, 11) is 0. The van der Waals surface area contributed by atoms with E-state index in [1.54, 1.807) is 0 Å². The zero-order valence-corrected chi connectivity index (χ0v) is 20.8. The van der Waals surface area contributed by atoms with E-state index in [9.17, 15) is 9.59 Å². The van der Waals surface area contributed by atoms with Gasteiger partial charge in [-0.2, -0.15) is 0 Å². The minimum atomic E-state index is -0.507. The SMILES string of the molecule is CC(=O)N[C@H](C(=O)NC/C=C(C)/C=C/C=C(C)/C=C/C1=C(C)CCCC1(C)C)C(C)C. The molecule has 0 heterocycles. The second kappa shape index (κ2) is 12.5. The van der Waals surface area contributed by atoms with Crippen LogP contribution < -0.4 is 10.6 Å². The smallest absolute Gasteiger partial charge is 0.243 e. The van der Waals surface area contributed by atoms with Gasteiger partial charge in [0.15, 0.2) is 0 Å². The zero-order valence-electron chi connectivity index (χ0n) is 20.8. The summed E-state index contributed by atoms with van der Waals surface area (Å²) in [6.45, 7) is 16.7. The maximum atomic E-state index is 12.3. The van der Waals surface area contributed by atoms with Crippen LogP contribution in [0.25, 0.3) is 0 Å². The predicted molar refractivity (Wildman–Crippen MR) is 132 cm³/mol. The molecule has 0 bridgehead atoms. The summed E-state index contributed by atoms with van der Waals surface area (Å²) in [4.78, 5) is 23.6. The van der Waals surface area contributed by atoms with E-state index in [0.29, 0.717) is 6.54 Å². The van der Waals surface area contributed by atoms with Crippen molar-refractivity contribution in [2.24, 2.45) is 11.3 Å². The topological polar surface area (TPSA) is 58.2 Å². The van der Waals surface area contributed by atoms with Crippen LogP contribution in [-0.2, 0) is 9.59 Å².